The summed E-state index contributed by atoms with van der Waals surface area (Å²) in [5.41, 5.74) is 1.00. The van der Waals surface area contributed by atoms with Crippen molar-refractivity contribution in [2.45, 2.75) is 0 Å². The highest BCUT2D eigenvalue weighted by atomic mass is 19.1. The molecule has 20 heavy (non-hydrogen) atoms. The molecular formula is C14H9FN4O. The second-order valence-corrected chi connectivity index (χ2v) is 4.04. The van der Waals surface area contributed by atoms with E-state index in [1.165, 1.54) is 30.7 Å². The van der Waals surface area contributed by atoms with Crippen molar-refractivity contribution in [3.05, 3.63) is 60.6 Å². The second kappa shape index (κ2) is 5.00. The van der Waals surface area contributed by atoms with E-state index in [2.05, 4.69) is 20.3 Å². The summed E-state index contributed by atoms with van der Waals surface area (Å²) in [6, 6.07) is 6.00. The minimum Gasteiger partial charge on any atom is -0.319 e. The van der Waals surface area contributed by atoms with Gasteiger partial charge in [-0.1, -0.05) is 0 Å². The minimum absolute atomic E-state index is 0.181. The standard InChI is InChI=1S/C14H9FN4O/c15-10-3-4-11(13-9(10)2-1-5-18-13)19-14(20)12-8-16-6-7-17-12/h1-8H,(H,19,20). The number of nitrogens with zero attached hydrogens (tertiary/aromatic N) is 3. The molecular weight excluding hydrogens is 259 g/mol. The van der Waals surface area contributed by atoms with Gasteiger partial charge in [-0.05, 0) is 24.3 Å². The van der Waals surface area contributed by atoms with Crippen molar-refractivity contribution in [2.24, 2.45) is 0 Å². The van der Waals surface area contributed by atoms with Crippen LogP contribution >= 0.6 is 0 Å². The van der Waals surface area contributed by atoms with Gasteiger partial charge in [-0.15, -0.1) is 0 Å². The highest BCUT2D eigenvalue weighted by Crippen LogP contribution is 2.23. The first-order valence-electron chi connectivity index (χ1n) is 5.86. The van der Waals surface area contributed by atoms with E-state index >= 15 is 0 Å². The largest absolute Gasteiger partial charge is 0.319 e. The van der Waals surface area contributed by atoms with Crippen LogP contribution in [0.5, 0.6) is 0 Å². The van der Waals surface area contributed by atoms with Gasteiger partial charge in [0.15, 0.2) is 0 Å². The molecule has 1 aromatic carbocycles. The molecule has 5 nitrogen and oxygen atoms in total. The fourth-order valence-corrected chi connectivity index (χ4v) is 1.84. The molecule has 0 bridgehead atoms. The van der Waals surface area contributed by atoms with Gasteiger partial charge in [0, 0.05) is 24.0 Å². The van der Waals surface area contributed by atoms with Crippen LogP contribution in [0.3, 0.4) is 0 Å². The lowest BCUT2D eigenvalue weighted by atomic mass is 10.2. The zero-order valence-corrected chi connectivity index (χ0v) is 10.2. The fraction of sp³-hybridized carbons (Fsp3) is 0. The predicted octanol–water partition coefficient (Wildman–Crippen LogP) is 2.42. The number of hydrogen-bond acceptors (Lipinski definition) is 4. The van der Waals surface area contributed by atoms with Crippen LogP contribution in [0.4, 0.5) is 10.1 Å². The molecule has 0 aliphatic rings. The first kappa shape index (κ1) is 12.2. The first-order chi connectivity index (χ1) is 9.75. The first-order valence-corrected chi connectivity index (χ1v) is 5.86. The van der Waals surface area contributed by atoms with Gasteiger partial charge in [-0.2, -0.15) is 0 Å². The molecule has 0 aliphatic heterocycles. The summed E-state index contributed by atoms with van der Waals surface area (Å²) in [5.74, 6) is -0.803. The number of carbonyl (C=O) groups excluding carboxylic acids is 1. The number of anilines is 1. The Morgan fingerprint density at radius 3 is 2.80 bits per heavy atom. The van der Waals surface area contributed by atoms with Crippen molar-refractivity contribution < 1.29 is 9.18 Å². The predicted molar refractivity (Wildman–Crippen MR) is 71.7 cm³/mol. The van der Waals surface area contributed by atoms with Gasteiger partial charge < -0.3 is 5.32 Å². The Labute approximate surface area is 113 Å². The molecule has 1 N–H and O–H groups in total. The second-order valence-electron chi connectivity index (χ2n) is 4.04. The van der Waals surface area contributed by atoms with Gasteiger partial charge in [0.05, 0.1) is 17.4 Å². The molecule has 0 atom stereocenters. The molecule has 0 saturated heterocycles. The summed E-state index contributed by atoms with van der Waals surface area (Å²) in [7, 11) is 0. The lowest BCUT2D eigenvalue weighted by molar-refractivity contribution is 0.102. The molecule has 0 spiro atoms. The molecule has 2 aromatic heterocycles. The van der Waals surface area contributed by atoms with Crippen molar-refractivity contribution >= 4 is 22.5 Å². The molecule has 6 heteroatoms. The smallest absolute Gasteiger partial charge is 0.275 e. The van der Waals surface area contributed by atoms with Crippen molar-refractivity contribution in [1.82, 2.24) is 15.0 Å². The molecule has 0 radical (unpaired) electrons. The van der Waals surface area contributed by atoms with Crippen molar-refractivity contribution in [3.63, 3.8) is 0 Å². The highest BCUT2D eigenvalue weighted by molar-refractivity contribution is 6.07. The third-order valence-corrected chi connectivity index (χ3v) is 2.76. The van der Waals surface area contributed by atoms with Crippen LogP contribution in [0.25, 0.3) is 10.9 Å². The molecule has 0 unspecified atom stereocenters. The molecule has 3 aromatic rings. The molecule has 0 fully saturated rings. The number of halogens is 1. The molecule has 0 saturated carbocycles. The van der Waals surface area contributed by atoms with E-state index in [0.717, 1.165) is 0 Å². The highest BCUT2D eigenvalue weighted by Gasteiger charge is 2.11. The number of nitrogens with one attached hydrogen (secondary N) is 1. The van der Waals surface area contributed by atoms with E-state index in [4.69, 9.17) is 0 Å². The van der Waals surface area contributed by atoms with E-state index in [1.807, 2.05) is 0 Å². The number of hydrogen-bond donors (Lipinski definition) is 1. The van der Waals surface area contributed by atoms with Crippen molar-refractivity contribution in [1.29, 1.82) is 0 Å². The lowest BCUT2D eigenvalue weighted by Crippen LogP contribution is -2.14. The Kier molecular flexibility index (Phi) is 3.04. The molecule has 3 rings (SSSR count). The van der Waals surface area contributed by atoms with Crippen molar-refractivity contribution in [2.75, 3.05) is 5.32 Å². The van der Waals surface area contributed by atoms with Gasteiger partial charge in [0.25, 0.3) is 5.91 Å². The Bertz CT molecular complexity index is 776. The maximum atomic E-state index is 13.7. The molecule has 2 heterocycles. The molecule has 98 valence electrons. The maximum absolute atomic E-state index is 13.7. The number of carbonyl (C=O) groups is 1. The van der Waals surface area contributed by atoms with Gasteiger partial charge in [-0.25, -0.2) is 9.37 Å². The van der Waals surface area contributed by atoms with Crippen LogP contribution < -0.4 is 5.32 Å². The zero-order chi connectivity index (χ0) is 13.9. The lowest BCUT2D eigenvalue weighted by Gasteiger charge is -2.07. The van der Waals surface area contributed by atoms with E-state index < -0.39 is 5.91 Å². The summed E-state index contributed by atoms with van der Waals surface area (Å²) >= 11 is 0. The van der Waals surface area contributed by atoms with Crippen LogP contribution in [0, 0.1) is 5.82 Å². The number of fused-ring (bicyclic) bond motifs is 1. The summed E-state index contributed by atoms with van der Waals surface area (Å²) in [6.45, 7) is 0. The average molecular weight is 268 g/mol. The monoisotopic (exact) mass is 268 g/mol. The Morgan fingerprint density at radius 2 is 2.00 bits per heavy atom. The van der Waals surface area contributed by atoms with Crippen LogP contribution in [0.15, 0.2) is 49.1 Å². The van der Waals surface area contributed by atoms with Gasteiger partial charge in [0.2, 0.25) is 0 Å². The van der Waals surface area contributed by atoms with Crippen LogP contribution in [-0.2, 0) is 0 Å². The normalized spacial score (nSPS) is 10.4. The summed E-state index contributed by atoms with van der Waals surface area (Å²) in [4.78, 5) is 23.8. The Morgan fingerprint density at radius 1 is 1.10 bits per heavy atom. The van der Waals surface area contributed by atoms with E-state index in [0.29, 0.717) is 16.6 Å². The van der Waals surface area contributed by atoms with E-state index in [-0.39, 0.29) is 11.5 Å². The fourth-order valence-electron chi connectivity index (χ4n) is 1.84. The van der Waals surface area contributed by atoms with Crippen LogP contribution in [0.1, 0.15) is 10.5 Å². The number of amides is 1. The third kappa shape index (κ3) is 2.18. The number of pyridine rings is 1. The topological polar surface area (TPSA) is 67.8 Å². The SMILES string of the molecule is O=C(Nc1ccc(F)c2cccnc12)c1cnccn1. The zero-order valence-electron chi connectivity index (χ0n) is 10.2. The Hall–Kier alpha value is -2.89. The minimum atomic E-state index is -0.420. The maximum Gasteiger partial charge on any atom is 0.275 e. The number of benzene rings is 1. The Balaban J connectivity index is 2.00. The molecule has 1 amide bonds. The quantitative estimate of drug-likeness (QED) is 0.775. The number of aromatic nitrogens is 3. The third-order valence-electron chi connectivity index (χ3n) is 2.76. The van der Waals surface area contributed by atoms with E-state index in [9.17, 15) is 9.18 Å². The van der Waals surface area contributed by atoms with Gasteiger partial charge >= 0.3 is 0 Å². The summed E-state index contributed by atoms with van der Waals surface area (Å²) in [5, 5.41) is 3.01. The number of rotatable bonds is 2. The summed E-state index contributed by atoms with van der Waals surface area (Å²) in [6.07, 6.45) is 5.80. The molecule has 0 aliphatic carbocycles. The van der Waals surface area contributed by atoms with Crippen molar-refractivity contribution in [3.8, 4) is 0 Å². The average Bonchev–Trinajstić information content (AvgIpc) is 2.51. The van der Waals surface area contributed by atoms with Crippen LogP contribution in [0.2, 0.25) is 0 Å². The van der Waals surface area contributed by atoms with Gasteiger partial charge in [-0.3, -0.25) is 14.8 Å². The van der Waals surface area contributed by atoms with Crippen LogP contribution in [-0.4, -0.2) is 20.9 Å². The van der Waals surface area contributed by atoms with E-state index in [1.54, 1.807) is 18.3 Å². The summed E-state index contributed by atoms with van der Waals surface area (Å²) < 4.78 is 13.7. The van der Waals surface area contributed by atoms with Gasteiger partial charge in [0.1, 0.15) is 11.5 Å².